The smallest absolute Gasteiger partial charge is 0.245 e. The van der Waals surface area contributed by atoms with Gasteiger partial charge in [-0.3, -0.25) is 9.59 Å². The van der Waals surface area contributed by atoms with E-state index in [2.05, 4.69) is 29.4 Å². The van der Waals surface area contributed by atoms with Gasteiger partial charge in [-0.15, -0.1) is 0 Å². The van der Waals surface area contributed by atoms with Gasteiger partial charge in [-0.2, -0.15) is 0 Å². The van der Waals surface area contributed by atoms with E-state index in [4.69, 9.17) is 23.2 Å². The fourth-order valence-corrected chi connectivity index (χ4v) is 6.14. The second-order valence-corrected chi connectivity index (χ2v) is 12.1. The summed E-state index contributed by atoms with van der Waals surface area (Å²) in [6, 6.07) is 9.69. The Bertz CT molecular complexity index is 1210. The second-order valence-electron chi connectivity index (χ2n) is 11.3. The third-order valence-electron chi connectivity index (χ3n) is 8.29. The third kappa shape index (κ3) is 8.34. The molecule has 0 radical (unpaired) electrons. The Labute approximate surface area is 253 Å². The highest BCUT2D eigenvalue weighted by Crippen LogP contribution is 2.28. The van der Waals surface area contributed by atoms with Crippen LogP contribution in [0.4, 0.5) is 10.1 Å². The Hall–Kier alpha value is -2.39. The average Bonchev–Trinajstić information content (AvgIpc) is 3.39. The number of likely N-dealkylation sites (tertiary alicyclic amines) is 1. The number of nitrogens with zero attached hydrogens (tertiary/aromatic N) is 3. The molecule has 0 saturated carbocycles. The molecule has 2 saturated heterocycles. The van der Waals surface area contributed by atoms with E-state index in [-0.39, 0.29) is 23.8 Å². The number of rotatable bonds is 12. The third-order valence-corrected chi connectivity index (χ3v) is 8.87. The van der Waals surface area contributed by atoms with E-state index in [0.717, 1.165) is 42.6 Å². The maximum atomic E-state index is 14.3. The summed E-state index contributed by atoms with van der Waals surface area (Å²) in [7, 11) is 1.93. The standard InChI is InChI=1S/C31H42Cl2FN5O2/c1-21(20-36-22(2)35-3)6-7-24-17-26(34)10-11-28(24)37-13-15-38(16-14-37)31(41)29(39-12-4-5-30(39)40)18-23-8-9-25(32)19-27(23)33/h8-11,17,19,21-22,29,35-36H,4-7,12-16,18,20H2,1-3H3. The van der Waals surface area contributed by atoms with Crippen LogP contribution in [0.3, 0.4) is 0 Å². The quantitative estimate of drug-likeness (QED) is 0.342. The number of benzene rings is 2. The number of nitrogens with one attached hydrogen (secondary N) is 2. The minimum atomic E-state index is -0.600. The monoisotopic (exact) mass is 605 g/mol. The molecular formula is C31H42Cl2FN5O2. The molecule has 2 N–H and O–H groups in total. The summed E-state index contributed by atoms with van der Waals surface area (Å²) >= 11 is 12.5. The summed E-state index contributed by atoms with van der Waals surface area (Å²) in [4.78, 5) is 32.4. The molecule has 3 unspecified atom stereocenters. The van der Waals surface area contributed by atoms with Crippen LogP contribution in [0.5, 0.6) is 0 Å². The normalized spacial score (nSPS) is 18.1. The lowest BCUT2D eigenvalue weighted by molar-refractivity contribution is -0.143. The lowest BCUT2D eigenvalue weighted by Gasteiger charge is -2.40. The molecule has 0 bridgehead atoms. The summed E-state index contributed by atoms with van der Waals surface area (Å²) in [6.07, 6.45) is 3.53. The molecule has 3 atom stereocenters. The van der Waals surface area contributed by atoms with Gasteiger partial charge in [0.15, 0.2) is 0 Å². The minimum absolute atomic E-state index is 0.00729. The van der Waals surface area contributed by atoms with Crippen molar-refractivity contribution in [2.24, 2.45) is 5.92 Å². The number of aryl methyl sites for hydroxylation is 1. The van der Waals surface area contributed by atoms with Crippen LogP contribution in [0.25, 0.3) is 0 Å². The van der Waals surface area contributed by atoms with Gasteiger partial charge in [-0.1, -0.05) is 36.2 Å². The Morgan fingerprint density at radius 1 is 1.02 bits per heavy atom. The van der Waals surface area contributed by atoms with Crippen molar-refractivity contribution in [2.75, 3.05) is 51.2 Å². The van der Waals surface area contributed by atoms with Crippen molar-refractivity contribution < 1.29 is 14.0 Å². The Morgan fingerprint density at radius 3 is 2.44 bits per heavy atom. The van der Waals surface area contributed by atoms with Crippen LogP contribution in [0.2, 0.25) is 10.0 Å². The molecule has 4 rings (SSSR count). The van der Waals surface area contributed by atoms with E-state index in [0.29, 0.717) is 61.5 Å². The van der Waals surface area contributed by atoms with Crippen molar-refractivity contribution in [2.45, 2.75) is 58.2 Å². The molecule has 0 spiro atoms. The van der Waals surface area contributed by atoms with Gasteiger partial charge in [0.1, 0.15) is 11.9 Å². The molecule has 0 aliphatic carbocycles. The van der Waals surface area contributed by atoms with Gasteiger partial charge < -0.3 is 25.3 Å². The van der Waals surface area contributed by atoms with Crippen molar-refractivity contribution in [3.05, 3.63) is 63.4 Å². The molecule has 2 fully saturated rings. The van der Waals surface area contributed by atoms with Crippen LogP contribution in [-0.4, -0.2) is 80.1 Å². The molecule has 2 aliphatic rings. The molecule has 41 heavy (non-hydrogen) atoms. The SMILES string of the molecule is CNC(C)NCC(C)CCc1cc(F)ccc1N1CCN(C(=O)C(Cc2ccc(Cl)cc2Cl)N2CCCC2=O)CC1. The number of anilines is 1. The lowest BCUT2D eigenvalue weighted by atomic mass is 9.98. The van der Waals surface area contributed by atoms with Crippen molar-refractivity contribution in [3.8, 4) is 0 Å². The number of hydrogen-bond donors (Lipinski definition) is 2. The van der Waals surface area contributed by atoms with Gasteiger partial charge in [-0.25, -0.2) is 4.39 Å². The molecule has 2 amide bonds. The Kier molecular flexibility index (Phi) is 11.3. The predicted molar refractivity (Wildman–Crippen MR) is 164 cm³/mol. The molecule has 7 nitrogen and oxygen atoms in total. The van der Waals surface area contributed by atoms with Gasteiger partial charge in [0.05, 0.1) is 6.17 Å². The second kappa shape index (κ2) is 14.7. The van der Waals surface area contributed by atoms with Gasteiger partial charge in [0.25, 0.3) is 0 Å². The van der Waals surface area contributed by atoms with Crippen LogP contribution >= 0.6 is 23.2 Å². The number of carbonyl (C=O) groups is 2. The van der Waals surface area contributed by atoms with Crippen molar-refractivity contribution >= 4 is 40.7 Å². The van der Waals surface area contributed by atoms with Crippen LogP contribution in [0.1, 0.15) is 44.2 Å². The topological polar surface area (TPSA) is 67.9 Å². The first-order chi connectivity index (χ1) is 19.7. The summed E-state index contributed by atoms with van der Waals surface area (Å²) < 4.78 is 14.3. The van der Waals surface area contributed by atoms with Crippen molar-refractivity contribution in [1.29, 1.82) is 0 Å². The zero-order chi connectivity index (χ0) is 29.5. The number of piperazine rings is 1. The Balaban J connectivity index is 1.41. The first-order valence-corrected chi connectivity index (χ1v) is 15.4. The van der Waals surface area contributed by atoms with E-state index >= 15 is 0 Å². The molecule has 2 heterocycles. The van der Waals surface area contributed by atoms with Crippen LogP contribution < -0.4 is 15.5 Å². The predicted octanol–water partition coefficient (Wildman–Crippen LogP) is 4.74. The summed E-state index contributed by atoms with van der Waals surface area (Å²) in [5.74, 6) is 0.164. The molecule has 2 aromatic rings. The Morgan fingerprint density at radius 2 is 1.78 bits per heavy atom. The van der Waals surface area contributed by atoms with Gasteiger partial charge >= 0.3 is 0 Å². The number of hydrogen-bond acceptors (Lipinski definition) is 5. The highest BCUT2D eigenvalue weighted by Gasteiger charge is 2.37. The van der Waals surface area contributed by atoms with Crippen molar-refractivity contribution in [3.63, 3.8) is 0 Å². The molecule has 0 aromatic heterocycles. The summed E-state index contributed by atoms with van der Waals surface area (Å²) in [6.45, 7) is 8.09. The van der Waals surface area contributed by atoms with E-state index in [1.54, 1.807) is 23.1 Å². The first kappa shape index (κ1) is 31.5. The van der Waals surface area contributed by atoms with E-state index in [9.17, 15) is 14.0 Å². The van der Waals surface area contributed by atoms with Gasteiger partial charge in [-0.05, 0) is 87.2 Å². The fourth-order valence-electron chi connectivity index (χ4n) is 5.65. The van der Waals surface area contributed by atoms with Gasteiger partial charge in [0.2, 0.25) is 11.8 Å². The molecule has 10 heteroatoms. The first-order valence-electron chi connectivity index (χ1n) is 14.6. The summed E-state index contributed by atoms with van der Waals surface area (Å²) in [5.41, 5.74) is 2.83. The molecule has 2 aromatic carbocycles. The molecule has 224 valence electrons. The average molecular weight is 607 g/mol. The van der Waals surface area contributed by atoms with Crippen LogP contribution in [0, 0.1) is 11.7 Å². The zero-order valence-corrected chi connectivity index (χ0v) is 25.8. The number of halogens is 3. The lowest BCUT2D eigenvalue weighted by Crippen LogP contribution is -2.56. The molecular weight excluding hydrogens is 564 g/mol. The van der Waals surface area contributed by atoms with Gasteiger partial charge in [0, 0.05) is 61.3 Å². The van der Waals surface area contributed by atoms with E-state index in [1.165, 1.54) is 6.07 Å². The van der Waals surface area contributed by atoms with Crippen LogP contribution in [0.15, 0.2) is 36.4 Å². The molecule has 2 aliphatic heterocycles. The zero-order valence-electron chi connectivity index (χ0n) is 24.3. The number of carbonyl (C=O) groups excluding carboxylic acids is 2. The highest BCUT2D eigenvalue weighted by atomic mass is 35.5. The fraction of sp³-hybridized carbons (Fsp3) is 0.548. The highest BCUT2D eigenvalue weighted by molar-refractivity contribution is 6.35. The maximum Gasteiger partial charge on any atom is 0.245 e. The summed E-state index contributed by atoms with van der Waals surface area (Å²) in [5, 5.41) is 7.67. The minimum Gasteiger partial charge on any atom is -0.368 e. The number of amides is 2. The van der Waals surface area contributed by atoms with Crippen LogP contribution in [-0.2, 0) is 22.4 Å². The van der Waals surface area contributed by atoms with Crippen molar-refractivity contribution in [1.82, 2.24) is 20.4 Å². The van der Waals surface area contributed by atoms with E-state index in [1.807, 2.05) is 24.1 Å². The largest absolute Gasteiger partial charge is 0.368 e. The van der Waals surface area contributed by atoms with E-state index < -0.39 is 6.04 Å². The maximum absolute atomic E-state index is 14.3.